The lowest BCUT2D eigenvalue weighted by Crippen LogP contribution is -2.13. The van der Waals surface area contributed by atoms with E-state index in [4.69, 9.17) is 22.7 Å². The van der Waals surface area contributed by atoms with Crippen molar-refractivity contribution in [3.8, 4) is 11.6 Å². The fourth-order valence-corrected chi connectivity index (χ4v) is 2.15. The predicted octanol–water partition coefficient (Wildman–Crippen LogP) is 4.11. The van der Waals surface area contributed by atoms with Crippen LogP contribution in [0.2, 0.25) is 0 Å². The second kappa shape index (κ2) is 5.82. The van der Waals surface area contributed by atoms with Crippen LogP contribution in [0.1, 0.15) is 37.5 Å². The normalized spacial score (nSPS) is 11.2. The molecule has 0 bridgehead atoms. The van der Waals surface area contributed by atoms with E-state index in [9.17, 15) is 0 Å². The zero-order valence-electron chi connectivity index (χ0n) is 12.8. The number of pyridine rings is 1. The third kappa shape index (κ3) is 3.79. The summed E-state index contributed by atoms with van der Waals surface area (Å²) in [4.78, 5) is 4.59. The number of ether oxygens (including phenoxy) is 1. The summed E-state index contributed by atoms with van der Waals surface area (Å²) in [5.41, 5.74) is 8.60. The highest BCUT2D eigenvalue weighted by atomic mass is 32.1. The van der Waals surface area contributed by atoms with Crippen LogP contribution in [0.15, 0.2) is 36.5 Å². The standard InChI is InChI=1S/C17H20N2OS/c1-11-5-7-13(17(2,3)4)14(9-11)20-15-8-6-12(10-19-15)16(18)21/h5-10H,1-4H3,(H2,18,21). The Kier molecular flexibility index (Phi) is 4.28. The third-order valence-electron chi connectivity index (χ3n) is 3.18. The van der Waals surface area contributed by atoms with Crippen molar-refractivity contribution in [3.05, 3.63) is 53.2 Å². The van der Waals surface area contributed by atoms with Crippen molar-refractivity contribution >= 4 is 17.2 Å². The van der Waals surface area contributed by atoms with Crippen molar-refractivity contribution in [2.75, 3.05) is 0 Å². The fourth-order valence-electron chi connectivity index (χ4n) is 2.03. The SMILES string of the molecule is Cc1ccc(C(C)(C)C)c(Oc2ccc(C(N)=S)cn2)c1. The number of thiocarbonyl (C=S) groups is 1. The summed E-state index contributed by atoms with van der Waals surface area (Å²) in [5, 5.41) is 0. The Morgan fingerprint density at radius 2 is 1.90 bits per heavy atom. The third-order valence-corrected chi connectivity index (χ3v) is 3.42. The van der Waals surface area contributed by atoms with Gasteiger partial charge in [0.05, 0.1) is 0 Å². The zero-order chi connectivity index (χ0) is 15.6. The van der Waals surface area contributed by atoms with E-state index in [0.717, 1.165) is 22.4 Å². The van der Waals surface area contributed by atoms with E-state index in [2.05, 4.69) is 37.9 Å². The molecule has 4 heteroatoms. The van der Waals surface area contributed by atoms with Crippen molar-refractivity contribution in [1.29, 1.82) is 0 Å². The van der Waals surface area contributed by atoms with Gasteiger partial charge in [0.1, 0.15) is 10.7 Å². The molecule has 0 unspecified atom stereocenters. The molecule has 110 valence electrons. The monoisotopic (exact) mass is 300 g/mol. The van der Waals surface area contributed by atoms with Crippen LogP contribution in [-0.2, 0) is 5.41 Å². The zero-order valence-corrected chi connectivity index (χ0v) is 13.6. The minimum atomic E-state index is 0.00178. The predicted molar refractivity (Wildman–Crippen MR) is 90.1 cm³/mol. The Bertz CT molecular complexity index is 657. The van der Waals surface area contributed by atoms with Crippen LogP contribution in [0.4, 0.5) is 0 Å². The van der Waals surface area contributed by atoms with Crippen molar-refractivity contribution < 1.29 is 4.74 Å². The summed E-state index contributed by atoms with van der Waals surface area (Å²) in [7, 11) is 0. The number of aromatic nitrogens is 1. The maximum absolute atomic E-state index is 5.96. The molecule has 2 aromatic rings. The molecule has 1 aromatic heterocycles. The van der Waals surface area contributed by atoms with Crippen LogP contribution in [0.3, 0.4) is 0 Å². The van der Waals surface area contributed by atoms with Gasteiger partial charge in [-0.15, -0.1) is 0 Å². The molecule has 3 nitrogen and oxygen atoms in total. The van der Waals surface area contributed by atoms with Crippen LogP contribution >= 0.6 is 12.2 Å². The first-order valence-corrected chi connectivity index (χ1v) is 7.23. The van der Waals surface area contributed by atoms with Crippen LogP contribution in [0.25, 0.3) is 0 Å². The number of hydrogen-bond acceptors (Lipinski definition) is 3. The van der Waals surface area contributed by atoms with E-state index < -0.39 is 0 Å². The minimum absolute atomic E-state index is 0.00178. The Morgan fingerprint density at radius 1 is 1.19 bits per heavy atom. The van der Waals surface area contributed by atoms with Gasteiger partial charge in [0.15, 0.2) is 0 Å². The first-order chi connectivity index (χ1) is 9.77. The van der Waals surface area contributed by atoms with E-state index in [0.29, 0.717) is 10.9 Å². The van der Waals surface area contributed by atoms with Gasteiger partial charge < -0.3 is 10.5 Å². The molecule has 0 aliphatic heterocycles. The van der Waals surface area contributed by atoms with Crippen molar-refractivity contribution in [2.24, 2.45) is 5.73 Å². The molecule has 0 saturated heterocycles. The molecular formula is C17H20N2OS. The lowest BCUT2D eigenvalue weighted by atomic mass is 9.86. The Hall–Kier alpha value is -1.94. The smallest absolute Gasteiger partial charge is 0.219 e. The number of hydrogen-bond donors (Lipinski definition) is 1. The van der Waals surface area contributed by atoms with Crippen molar-refractivity contribution in [3.63, 3.8) is 0 Å². The average molecular weight is 300 g/mol. The Labute approximate surface area is 131 Å². The van der Waals surface area contributed by atoms with E-state index >= 15 is 0 Å². The number of nitrogens with zero attached hydrogens (tertiary/aromatic N) is 1. The van der Waals surface area contributed by atoms with E-state index in [-0.39, 0.29) is 5.41 Å². The van der Waals surface area contributed by atoms with Crippen LogP contribution in [0.5, 0.6) is 11.6 Å². The van der Waals surface area contributed by atoms with Crippen LogP contribution in [-0.4, -0.2) is 9.97 Å². The average Bonchev–Trinajstić information content (AvgIpc) is 2.38. The second-order valence-corrected chi connectivity index (χ2v) is 6.54. The summed E-state index contributed by atoms with van der Waals surface area (Å²) in [6, 6.07) is 9.83. The number of benzene rings is 1. The molecule has 2 N–H and O–H groups in total. The van der Waals surface area contributed by atoms with Crippen molar-refractivity contribution in [1.82, 2.24) is 4.98 Å². The molecule has 0 amide bonds. The highest BCUT2D eigenvalue weighted by Gasteiger charge is 2.19. The molecule has 0 fully saturated rings. The molecule has 0 aliphatic carbocycles. The van der Waals surface area contributed by atoms with Gasteiger partial charge in [0.25, 0.3) is 0 Å². The Balaban J connectivity index is 2.34. The molecule has 0 radical (unpaired) electrons. The molecule has 0 aliphatic rings. The molecule has 2 rings (SSSR count). The molecule has 1 heterocycles. The number of nitrogens with two attached hydrogens (primary N) is 1. The fraction of sp³-hybridized carbons (Fsp3) is 0.294. The second-order valence-electron chi connectivity index (χ2n) is 6.10. The van der Waals surface area contributed by atoms with E-state index in [1.165, 1.54) is 0 Å². The molecule has 21 heavy (non-hydrogen) atoms. The molecule has 0 saturated carbocycles. The van der Waals surface area contributed by atoms with Gasteiger partial charge >= 0.3 is 0 Å². The molecule has 0 atom stereocenters. The molecular weight excluding hydrogens is 280 g/mol. The summed E-state index contributed by atoms with van der Waals surface area (Å²) < 4.78 is 5.96. The first-order valence-electron chi connectivity index (χ1n) is 6.82. The lowest BCUT2D eigenvalue weighted by molar-refractivity contribution is 0.439. The van der Waals surface area contributed by atoms with E-state index in [1.807, 2.05) is 19.1 Å². The number of rotatable bonds is 3. The van der Waals surface area contributed by atoms with Crippen LogP contribution < -0.4 is 10.5 Å². The van der Waals surface area contributed by atoms with Crippen LogP contribution in [0, 0.1) is 6.92 Å². The maximum atomic E-state index is 5.96. The van der Waals surface area contributed by atoms with Gasteiger partial charge in [-0.2, -0.15) is 0 Å². The van der Waals surface area contributed by atoms with Gasteiger partial charge in [-0.1, -0.05) is 45.1 Å². The summed E-state index contributed by atoms with van der Waals surface area (Å²) >= 11 is 4.92. The van der Waals surface area contributed by atoms with E-state index in [1.54, 1.807) is 12.3 Å². The topological polar surface area (TPSA) is 48.1 Å². The van der Waals surface area contributed by atoms with Gasteiger partial charge in [-0.3, -0.25) is 0 Å². The van der Waals surface area contributed by atoms with Gasteiger partial charge in [0.2, 0.25) is 5.88 Å². The van der Waals surface area contributed by atoms with Gasteiger partial charge in [0, 0.05) is 23.4 Å². The van der Waals surface area contributed by atoms with Gasteiger partial charge in [-0.05, 0) is 30.0 Å². The maximum Gasteiger partial charge on any atom is 0.219 e. The largest absolute Gasteiger partial charge is 0.439 e. The molecule has 0 spiro atoms. The number of aryl methyl sites for hydroxylation is 1. The lowest BCUT2D eigenvalue weighted by Gasteiger charge is -2.22. The summed E-state index contributed by atoms with van der Waals surface area (Å²) in [5.74, 6) is 1.36. The first kappa shape index (κ1) is 15.4. The summed E-state index contributed by atoms with van der Waals surface area (Å²) in [6.07, 6.45) is 1.63. The highest BCUT2D eigenvalue weighted by Crippen LogP contribution is 2.34. The quantitative estimate of drug-likeness (QED) is 0.866. The minimum Gasteiger partial charge on any atom is -0.439 e. The molecule has 1 aromatic carbocycles. The van der Waals surface area contributed by atoms with Gasteiger partial charge in [-0.25, -0.2) is 4.98 Å². The Morgan fingerprint density at radius 3 is 2.43 bits per heavy atom. The summed E-state index contributed by atoms with van der Waals surface area (Å²) in [6.45, 7) is 8.53. The van der Waals surface area contributed by atoms with Crippen molar-refractivity contribution in [2.45, 2.75) is 33.1 Å². The highest BCUT2D eigenvalue weighted by molar-refractivity contribution is 7.80.